The number of carbonyl (C=O) groups excluding carboxylic acids is 4. The van der Waals surface area contributed by atoms with Crippen molar-refractivity contribution >= 4 is 23.9 Å². The molecule has 2 aromatic rings. The summed E-state index contributed by atoms with van der Waals surface area (Å²) in [4.78, 5) is 48.1. The van der Waals surface area contributed by atoms with Gasteiger partial charge < -0.3 is 28.8 Å². The van der Waals surface area contributed by atoms with Gasteiger partial charge in [0.25, 0.3) is 0 Å². The van der Waals surface area contributed by atoms with E-state index in [1.54, 1.807) is 18.2 Å². The Kier molecular flexibility index (Phi) is 9.91. The lowest BCUT2D eigenvalue weighted by Gasteiger charge is -2.44. The molecule has 0 aliphatic carbocycles. The molecule has 218 valence electrons. The molecule has 0 amide bonds. The van der Waals surface area contributed by atoms with E-state index in [1.165, 1.54) is 27.7 Å². The van der Waals surface area contributed by atoms with Crippen LogP contribution in [0.3, 0.4) is 0 Å². The second-order valence-corrected chi connectivity index (χ2v) is 10.1. The molecular weight excluding hydrogens is 524 g/mol. The monoisotopic (exact) mass is 560 g/mol. The molecule has 2 N–H and O–H groups in total. The molecule has 3 rings (SSSR count). The third-order valence-corrected chi connectivity index (χ3v) is 6.45. The summed E-state index contributed by atoms with van der Waals surface area (Å²) < 4.78 is 28.2. The van der Waals surface area contributed by atoms with Crippen LogP contribution in [-0.2, 0) is 49.3 Å². The molecule has 40 heavy (non-hydrogen) atoms. The summed E-state index contributed by atoms with van der Waals surface area (Å²) in [5.74, 6) is -2.57. The van der Waals surface area contributed by atoms with Crippen molar-refractivity contribution in [2.75, 3.05) is 6.61 Å². The highest BCUT2D eigenvalue weighted by molar-refractivity contribution is 5.69. The first-order chi connectivity index (χ1) is 18.8. The van der Waals surface area contributed by atoms with Gasteiger partial charge in [0.05, 0.1) is 11.4 Å². The quantitative estimate of drug-likeness (QED) is 0.342. The summed E-state index contributed by atoms with van der Waals surface area (Å²) >= 11 is 0. The Balaban J connectivity index is 2.18. The molecule has 5 atom stereocenters. The lowest BCUT2D eigenvalue weighted by molar-refractivity contribution is -0.255. The molecule has 0 bridgehead atoms. The SMILES string of the molecule is CC(=O)OC[C@H]1O[C@@H](c2[nH]nc(C(C)C)c2Cc2ccc(O)cc2C)[C@H](OC(C)=O)[C@@H](OC(C)=O)[C@H]1OC(C)=O. The van der Waals surface area contributed by atoms with E-state index < -0.39 is 54.4 Å². The molecule has 0 saturated carbocycles. The molecule has 12 nitrogen and oxygen atoms in total. The number of aromatic amines is 1. The fourth-order valence-corrected chi connectivity index (χ4v) is 4.82. The summed E-state index contributed by atoms with van der Waals surface area (Å²) in [6.07, 6.45) is -5.57. The summed E-state index contributed by atoms with van der Waals surface area (Å²) in [6.45, 7) is 10.2. The Labute approximate surface area is 232 Å². The van der Waals surface area contributed by atoms with Crippen molar-refractivity contribution in [3.8, 4) is 5.75 Å². The van der Waals surface area contributed by atoms with Crippen LogP contribution in [-0.4, -0.2) is 70.2 Å². The number of ether oxygens (including phenoxy) is 5. The molecule has 1 fully saturated rings. The van der Waals surface area contributed by atoms with Gasteiger partial charge in [-0.1, -0.05) is 19.9 Å². The molecule has 0 spiro atoms. The fraction of sp³-hybridized carbons (Fsp3) is 0.536. The second kappa shape index (κ2) is 12.9. The van der Waals surface area contributed by atoms with Gasteiger partial charge >= 0.3 is 23.9 Å². The van der Waals surface area contributed by atoms with E-state index in [4.69, 9.17) is 23.7 Å². The van der Waals surface area contributed by atoms with Crippen LogP contribution in [0.1, 0.15) is 81.6 Å². The Hall–Kier alpha value is -3.93. The van der Waals surface area contributed by atoms with Crippen LogP contribution in [0, 0.1) is 6.92 Å². The minimum absolute atomic E-state index is 0.0110. The fourth-order valence-electron chi connectivity index (χ4n) is 4.82. The van der Waals surface area contributed by atoms with Gasteiger partial charge in [0, 0.05) is 39.7 Å². The zero-order valence-corrected chi connectivity index (χ0v) is 23.7. The van der Waals surface area contributed by atoms with Crippen molar-refractivity contribution in [1.29, 1.82) is 0 Å². The van der Waals surface area contributed by atoms with Crippen LogP contribution in [0.4, 0.5) is 0 Å². The molecule has 0 radical (unpaired) electrons. The molecule has 1 saturated heterocycles. The number of carbonyl (C=O) groups is 4. The van der Waals surface area contributed by atoms with E-state index in [0.29, 0.717) is 12.1 Å². The summed E-state index contributed by atoms with van der Waals surface area (Å²) in [5.41, 5.74) is 3.70. The first kappa shape index (κ1) is 30.6. The Morgan fingerprint density at radius 2 is 1.55 bits per heavy atom. The van der Waals surface area contributed by atoms with Gasteiger partial charge in [0.15, 0.2) is 18.3 Å². The number of nitrogens with one attached hydrogen (secondary N) is 1. The van der Waals surface area contributed by atoms with Gasteiger partial charge in [-0.15, -0.1) is 0 Å². The third-order valence-electron chi connectivity index (χ3n) is 6.45. The normalized spacial score (nSPS) is 22.4. The predicted molar refractivity (Wildman–Crippen MR) is 139 cm³/mol. The molecular formula is C28H36N2O10. The zero-order chi connectivity index (χ0) is 29.7. The van der Waals surface area contributed by atoms with E-state index in [2.05, 4.69) is 10.2 Å². The van der Waals surface area contributed by atoms with Crippen molar-refractivity contribution in [3.05, 3.63) is 46.3 Å². The van der Waals surface area contributed by atoms with Gasteiger partial charge in [0.1, 0.15) is 24.6 Å². The number of rotatable bonds is 9. The van der Waals surface area contributed by atoms with Crippen molar-refractivity contribution in [2.45, 2.75) is 91.3 Å². The molecule has 0 unspecified atom stereocenters. The minimum atomic E-state index is -1.29. The number of hydrogen-bond acceptors (Lipinski definition) is 11. The molecule has 1 aromatic carbocycles. The largest absolute Gasteiger partial charge is 0.508 e. The maximum atomic E-state index is 12.3. The first-order valence-corrected chi connectivity index (χ1v) is 12.9. The number of phenolic OH excluding ortho intramolecular Hbond substituents is 1. The highest BCUT2D eigenvalue weighted by Crippen LogP contribution is 2.40. The Morgan fingerprint density at radius 3 is 2.10 bits per heavy atom. The van der Waals surface area contributed by atoms with Gasteiger partial charge in [-0.25, -0.2) is 0 Å². The lowest BCUT2D eigenvalue weighted by atomic mass is 9.88. The van der Waals surface area contributed by atoms with E-state index in [0.717, 1.165) is 22.4 Å². The van der Waals surface area contributed by atoms with Crippen molar-refractivity contribution < 1.29 is 48.0 Å². The Morgan fingerprint density at radius 1 is 0.950 bits per heavy atom. The number of phenols is 1. The topological polar surface area (TPSA) is 163 Å². The van der Waals surface area contributed by atoms with E-state index >= 15 is 0 Å². The van der Waals surface area contributed by atoms with Crippen LogP contribution in [0.15, 0.2) is 18.2 Å². The molecule has 12 heteroatoms. The number of benzene rings is 1. The number of hydrogen-bond donors (Lipinski definition) is 2. The van der Waals surface area contributed by atoms with Gasteiger partial charge in [-0.3, -0.25) is 24.3 Å². The first-order valence-electron chi connectivity index (χ1n) is 12.9. The van der Waals surface area contributed by atoms with Crippen LogP contribution in [0.5, 0.6) is 5.75 Å². The summed E-state index contributed by atoms with van der Waals surface area (Å²) in [6, 6.07) is 5.04. The smallest absolute Gasteiger partial charge is 0.303 e. The molecule has 2 heterocycles. The van der Waals surface area contributed by atoms with Crippen LogP contribution in [0.2, 0.25) is 0 Å². The summed E-state index contributed by atoms with van der Waals surface area (Å²) in [5, 5.41) is 17.4. The minimum Gasteiger partial charge on any atom is -0.508 e. The molecule has 1 aliphatic heterocycles. The third kappa shape index (κ3) is 7.38. The van der Waals surface area contributed by atoms with Crippen LogP contribution < -0.4 is 0 Å². The highest BCUT2D eigenvalue weighted by Gasteiger charge is 2.53. The van der Waals surface area contributed by atoms with Gasteiger partial charge in [-0.05, 0) is 36.1 Å². The van der Waals surface area contributed by atoms with E-state index in [1.807, 2.05) is 20.8 Å². The molecule has 1 aromatic heterocycles. The van der Waals surface area contributed by atoms with Crippen molar-refractivity contribution in [3.63, 3.8) is 0 Å². The number of aryl methyl sites for hydroxylation is 1. The maximum absolute atomic E-state index is 12.3. The van der Waals surface area contributed by atoms with Gasteiger partial charge in [-0.2, -0.15) is 5.10 Å². The number of H-pyrrole nitrogens is 1. The maximum Gasteiger partial charge on any atom is 0.303 e. The number of aromatic nitrogens is 2. The number of nitrogens with zero attached hydrogens (tertiary/aromatic N) is 1. The van der Waals surface area contributed by atoms with Crippen molar-refractivity contribution in [2.24, 2.45) is 0 Å². The predicted octanol–water partition coefficient (Wildman–Crippen LogP) is 2.94. The van der Waals surface area contributed by atoms with Crippen molar-refractivity contribution in [1.82, 2.24) is 10.2 Å². The average Bonchev–Trinajstić information content (AvgIpc) is 3.25. The van der Waals surface area contributed by atoms with E-state index in [9.17, 15) is 24.3 Å². The van der Waals surface area contributed by atoms with E-state index in [-0.39, 0.29) is 18.3 Å². The lowest BCUT2D eigenvalue weighted by Crippen LogP contribution is -2.59. The average molecular weight is 561 g/mol. The number of aromatic hydroxyl groups is 1. The summed E-state index contributed by atoms with van der Waals surface area (Å²) in [7, 11) is 0. The standard InChI is InChI=1S/C28H36N2O10/c1-13(2)23-21(11-19-8-9-20(35)10-14(19)3)24(30-29-23)26-28(39-18(7)34)27(38-17(6)33)25(37-16(5)32)22(40-26)12-36-15(4)31/h8-10,13,22,25-28,35H,11-12H2,1-7H3,(H,29,30)/t22-,25+,26+,27+,28+/m1/s1. The van der Waals surface area contributed by atoms with Crippen LogP contribution in [0.25, 0.3) is 0 Å². The zero-order valence-electron chi connectivity index (χ0n) is 23.7. The second-order valence-electron chi connectivity index (χ2n) is 10.1. The molecule has 1 aliphatic rings. The number of esters is 4. The Bertz CT molecular complexity index is 1250. The highest BCUT2D eigenvalue weighted by atomic mass is 16.7. The van der Waals surface area contributed by atoms with Gasteiger partial charge in [0.2, 0.25) is 0 Å². The van der Waals surface area contributed by atoms with Crippen LogP contribution >= 0.6 is 0 Å².